The summed E-state index contributed by atoms with van der Waals surface area (Å²) in [6, 6.07) is 8.95. The molecule has 0 spiro atoms. The molecule has 0 saturated heterocycles. The third-order valence-corrected chi connectivity index (χ3v) is 2.56. The molecule has 1 aromatic carbocycles. The second kappa shape index (κ2) is 5.86. The molecule has 0 bridgehead atoms. The van der Waals surface area contributed by atoms with Gasteiger partial charge in [0.05, 0.1) is 12.3 Å². The molecule has 102 valence electrons. The van der Waals surface area contributed by atoms with Crippen LogP contribution in [-0.2, 0) is 0 Å². The number of aliphatic hydroxyl groups is 1. The van der Waals surface area contributed by atoms with Crippen molar-refractivity contribution >= 4 is 11.8 Å². The molecule has 7 heteroatoms. The van der Waals surface area contributed by atoms with Gasteiger partial charge < -0.3 is 21.3 Å². The molecule has 0 saturated carbocycles. The molecule has 1 aromatic heterocycles. The topological polar surface area (TPSA) is 131 Å². The normalized spacial score (nSPS) is 10.0. The Morgan fingerprint density at radius 2 is 2.00 bits per heavy atom. The van der Waals surface area contributed by atoms with Gasteiger partial charge in [-0.1, -0.05) is 12.1 Å². The Labute approximate surface area is 115 Å². The zero-order valence-electron chi connectivity index (χ0n) is 10.6. The van der Waals surface area contributed by atoms with E-state index in [0.29, 0.717) is 17.0 Å². The number of rotatable bonds is 4. The van der Waals surface area contributed by atoms with E-state index in [0.717, 1.165) is 0 Å². The first-order valence-corrected chi connectivity index (χ1v) is 5.83. The Balaban J connectivity index is 2.60. The number of nitrogens with two attached hydrogens (primary N) is 2. The minimum absolute atomic E-state index is 0.0199. The van der Waals surface area contributed by atoms with Crippen LogP contribution in [0.5, 0.6) is 5.75 Å². The number of nitrogens with zero attached hydrogens (tertiary/aromatic N) is 3. The molecule has 0 aliphatic carbocycles. The van der Waals surface area contributed by atoms with E-state index in [2.05, 4.69) is 9.97 Å². The monoisotopic (exact) mass is 271 g/mol. The molecule has 2 rings (SSSR count). The van der Waals surface area contributed by atoms with Crippen LogP contribution in [0.4, 0.5) is 11.8 Å². The van der Waals surface area contributed by atoms with E-state index in [1.807, 2.05) is 6.07 Å². The molecule has 0 fully saturated rings. The molecule has 0 radical (unpaired) electrons. The van der Waals surface area contributed by atoms with E-state index in [1.54, 1.807) is 24.3 Å². The zero-order valence-corrected chi connectivity index (χ0v) is 10.6. The van der Waals surface area contributed by atoms with Gasteiger partial charge in [-0.25, -0.2) is 4.98 Å². The summed E-state index contributed by atoms with van der Waals surface area (Å²) in [4.78, 5) is 7.83. The molecule has 2 aromatic rings. The van der Waals surface area contributed by atoms with Crippen molar-refractivity contribution in [3.63, 3.8) is 0 Å². The Hall–Kier alpha value is -2.85. The van der Waals surface area contributed by atoms with E-state index < -0.39 is 0 Å². The van der Waals surface area contributed by atoms with Gasteiger partial charge in [-0.3, -0.25) is 0 Å². The van der Waals surface area contributed by atoms with Crippen LogP contribution in [0.3, 0.4) is 0 Å². The summed E-state index contributed by atoms with van der Waals surface area (Å²) >= 11 is 0. The fraction of sp³-hybridized carbons (Fsp3) is 0.154. The average molecular weight is 271 g/mol. The Morgan fingerprint density at radius 1 is 1.25 bits per heavy atom. The number of hydrogen-bond donors (Lipinski definition) is 3. The molecule has 0 aliphatic rings. The lowest BCUT2D eigenvalue weighted by atomic mass is 10.1. The van der Waals surface area contributed by atoms with Gasteiger partial charge in [0, 0.05) is 5.56 Å². The van der Waals surface area contributed by atoms with Crippen molar-refractivity contribution in [2.75, 3.05) is 24.7 Å². The van der Waals surface area contributed by atoms with E-state index >= 15 is 0 Å². The van der Waals surface area contributed by atoms with Gasteiger partial charge in [0.2, 0.25) is 5.95 Å². The quantitative estimate of drug-likeness (QED) is 0.739. The largest absolute Gasteiger partial charge is 0.490 e. The highest BCUT2D eigenvalue weighted by molar-refractivity contribution is 5.77. The van der Waals surface area contributed by atoms with Crippen LogP contribution in [-0.4, -0.2) is 28.3 Å². The van der Waals surface area contributed by atoms with Crippen molar-refractivity contribution in [1.29, 1.82) is 5.26 Å². The Kier molecular flexibility index (Phi) is 3.98. The molecule has 0 atom stereocenters. The van der Waals surface area contributed by atoms with Gasteiger partial charge in [0.1, 0.15) is 29.8 Å². The molecule has 0 unspecified atom stereocenters. The SMILES string of the molecule is N#Cc1c(N)nc(N)nc1-c1ccccc1OCCO. The maximum Gasteiger partial charge on any atom is 0.222 e. The van der Waals surface area contributed by atoms with Crippen molar-refractivity contribution in [1.82, 2.24) is 9.97 Å². The number of benzene rings is 1. The van der Waals surface area contributed by atoms with Gasteiger partial charge >= 0.3 is 0 Å². The van der Waals surface area contributed by atoms with Gasteiger partial charge in [0.25, 0.3) is 0 Å². The molecule has 7 nitrogen and oxygen atoms in total. The van der Waals surface area contributed by atoms with Crippen LogP contribution in [0.15, 0.2) is 24.3 Å². The number of ether oxygens (including phenoxy) is 1. The minimum Gasteiger partial charge on any atom is -0.490 e. The molecule has 1 heterocycles. The Morgan fingerprint density at radius 3 is 2.70 bits per heavy atom. The van der Waals surface area contributed by atoms with E-state index in [-0.39, 0.29) is 30.5 Å². The molecular formula is C13H13N5O2. The summed E-state index contributed by atoms with van der Waals surface area (Å²) in [5.41, 5.74) is 12.3. The number of anilines is 2. The summed E-state index contributed by atoms with van der Waals surface area (Å²) in [5, 5.41) is 18.0. The van der Waals surface area contributed by atoms with Gasteiger partial charge in [-0.2, -0.15) is 10.2 Å². The summed E-state index contributed by atoms with van der Waals surface area (Å²) in [6.45, 7) is 0.0163. The standard InChI is InChI=1S/C13H13N5O2/c14-7-9-11(17-13(16)18-12(9)15)8-3-1-2-4-10(8)20-6-5-19/h1-4,19H,5-6H2,(H4,15,16,17,18). The Bertz CT molecular complexity index is 666. The fourth-order valence-corrected chi connectivity index (χ4v) is 1.74. The molecule has 5 N–H and O–H groups in total. The summed E-state index contributed by atoms with van der Waals surface area (Å²) in [6.07, 6.45) is 0. The minimum atomic E-state index is -0.118. The van der Waals surface area contributed by atoms with Crippen LogP contribution in [0.25, 0.3) is 11.3 Å². The van der Waals surface area contributed by atoms with Crippen LogP contribution in [0, 0.1) is 11.3 Å². The van der Waals surface area contributed by atoms with E-state index in [1.165, 1.54) is 0 Å². The number of para-hydroxylation sites is 1. The summed E-state index contributed by atoms with van der Waals surface area (Å²) in [5.74, 6) is 0.482. The summed E-state index contributed by atoms with van der Waals surface area (Å²) in [7, 11) is 0. The predicted octanol–water partition coefficient (Wildman–Crippen LogP) is 0.551. The molecular weight excluding hydrogens is 258 g/mol. The highest BCUT2D eigenvalue weighted by atomic mass is 16.5. The highest BCUT2D eigenvalue weighted by Crippen LogP contribution is 2.32. The highest BCUT2D eigenvalue weighted by Gasteiger charge is 2.16. The molecule has 20 heavy (non-hydrogen) atoms. The maximum absolute atomic E-state index is 9.19. The second-order valence-electron chi connectivity index (χ2n) is 3.87. The maximum atomic E-state index is 9.19. The number of aromatic nitrogens is 2. The van der Waals surface area contributed by atoms with E-state index in [9.17, 15) is 5.26 Å². The predicted molar refractivity (Wildman–Crippen MR) is 73.6 cm³/mol. The smallest absolute Gasteiger partial charge is 0.222 e. The third-order valence-electron chi connectivity index (χ3n) is 2.56. The number of nitriles is 1. The van der Waals surface area contributed by atoms with Crippen molar-refractivity contribution in [2.24, 2.45) is 0 Å². The fourth-order valence-electron chi connectivity index (χ4n) is 1.74. The lowest BCUT2D eigenvalue weighted by Crippen LogP contribution is -2.07. The van der Waals surface area contributed by atoms with Crippen LogP contribution < -0.4 is 16.2 Å². The van der Waals surface area contributed by atoms with Gasteiger partial charge in [-0.15, -0.1) is 0 Å². The van der Waals surface area contributed by atoms with E-state index in [4.69, 9.17) is 21.3 Å². The van der Waals surface area contributed by atoms with Crippen molar-refractivity contribution in [3.05, 3.63) is 29.8 Å². The lowest BCUT2D eigenvalue weighted by molar-refractivity contribution is 0.202. The first kappa shape index (κ1) is 13.6. The zero-order chi connectivity index (χ0) is 14.5. The van der Waals surface area contributed by atoms with Crippen LogP contribution >= 0.6 is 0 Å². The first-order valence-electron chi connectivity index (χ1n) is 5.83. The third kappa shape index (κ3) is 2.60. The number of nitrogen functional groups attached to an aromatic ring is 2. The van der Waals surface area contributed by atoms with Gasteiger partial charge in [-0.05, 0) is 12.1 Å². The lowest BCUT2D eigenvalue weighted by Gasteiger charge is -2.12. The van der Waals surface area contributed by atoms with Gasteiger partial charge in [0.15, 0.2) is 0 Å². The molecule has 0 amide bonds. The average Bonchev–Trinajstić information content (AvgIpc) is 2.44. The first-order chi connectivity index (χ1) is 9.67. The van der Waals surface area contributed by atoms with Crippen molar-refractivity contribution in [3.8, 4) is 23.1 Å². The molecule has 0 aliphatic heterocycles. The van der Waals surface area contributed by atoms with Crippen molar-refractivity contribution in [2.45, 2.75) is 0 Å². The summed E-state index contributed by atoms with van der Waals surface area (Å²) < 4.78 is 5.42. The number of hydrogen-bond acceptors (Lipinski definition) is 7. The van der Waals surface area contributed by atoms with Crippen LogP contribution in [0.2, 0.25) is 0 Å². The van der Waals surface area contributed by atoms with Crippen LogP contribution in [0.1, 0.15) is 5.56 Å². The number of aliphatic hydroxyl groups excluding tert-OH is 1. The van der Waals surface area contributed by atoms with Crippen molar-refractivity contribution < 1.29 is 9.84 Å². The second-order valence-corrected chi connectivity index (χ2v) is 3.87.